The minimum absolute atomic E-state index is 0.847. The van der Waals surface area contributed by atoms with Crippen molar-refractivity contribution in [2.24, 2.45) is 0 Å². The SMILES string of the molecule is CCCC(=N)N1CCCC1. The Kier molecular flexibility index (Phi) is 2.72. The lowest BCUT2D eigenvalue weighted by molar-refractivity contribution is 0.501. The number of rotatable bonds is 2. The molecule has 0 bridgehead atoms. The van der Waals surface area contributed by atoms with Gasteiger partial charge in [0.1, 0.15) is 0 Å². The van der Waals surface area contributed by atoms with E-state index in [1.807, 2.05) is 0 Å². The molecule has 1 saturated heterocycles. The summed E-state index contributed by atoms with van der Waals surface area (Å²) in [5, 5.41) is 7.61. The summed E-state index contributed by atoms with van der Waals surface area (Å²) in [5.41, 5.74) is 0. The van der Waals surface area contributed by atoms with Gasteiger partial charge in [-0.2, -0.15) is 0 Å². The Morgan fingerprint density at radius 2 is 2.00 bits per heavy atom. The highest BCUT2D eigenvalue weighted by molar-refractivity contribution is 5.79. The van der Waals surface area contributed by atoms with Crippen molar-refractivity contribution in [3.05, 3.63) is 0 Å². The van der Waals surface area contributed by atoms with Gasteiger partial charge in [0.2, 0.25) is 0 Å². The molecule has 0 radical (unpaired) electrons. The molecule has 0 amide bonds. The van der Waals surface area contributed by atoms with E-state index in [1.54, 1.807) is 0 Å². The number of hydrogen-bond donors (Lipinski definition) is 1. The molecular weight excluding hydrogens is 124 g/mol. The van der Waals surface area contributed by atoms with Gasteiger partial charge in [-0.05, 0) is 19.3 Å². The van der Waals surface area contributed by atoms with Crippen molar-refractivity contribution in [2.45, 2.75) is 32.6 Å². The highest BCUT2D eigenvalue weighted by Crippen LogP contribution is 2.09. The second-order valence-corrected chi connectivity index (χ2v) is 2.89. The van der Waals surface area contributed by atoms with Crippen LogP contribution in [-0.4, -0.2) is 23.8 Å². The van der Waals surface area contributed by atoms with E-state index in [2.05, 4.69) is 11.8 Å². The van der Waals surface area contributed by atoms with E-state index < -0.39 is 0 Å². The molecule has 2 nitrogen and oxygen atoms in total. The molecule has 0 spiro atoms. The van der Waals surface area contributed by atoms with Crippen molar-refractivity contribution in [2.75, 3.05) is 13.1 Å². The molecular formula is C8H16N2. The maximum atomic E-state index is 7.61. The first-order chi connectivity index (χ1) is 4.84. The number of likely N-dealkylation sites (tertiary alicyclic amines) is 1. The predicted octanol–water partition coefficient (Wildman–Crippen LogP) is 1.86. The van der Waals surface area contributed by atoms with Gasteiger partial charge in [0.15, 0.2) is 0 Å². The Hall–Kier alpha value is -0.530. The molecule has 1 heterocycles. The zero-order chi connectivity index (χ0) is 7.40. The van der Waals surface area contributed by atoms with Crippen LogP contribution in [0.2, 0.25) is 0 Å². The third kappa shape index (κ3) is 1.72. The standard InChI is InChI=1S/C8H16N2/c1-2-5-8(9)10-6-3-4-7-10/h9H,2-7H2,1H3. The number of amidine groups is 1. The molecule has 1 aliphatic rings. The zero-order valence-electron chi connectivity index (χ0n) is 6.69. The fourth-order valence-corrected chi connectivity index (χ4v) is 1.38. The van der Waals surface area contributed by atoms with Gasteiger partial charge in [0, 0.05) is 19.5 Å². The number of nitrogens with zero attached hydrogens (tertiary/aromatic N) is 1. The molecule has 1 N–H and O–H groups in total. The lowest BCUT2D eigenvalue weighted by Gasteiger charge is -2.17. The monoisotopic (exact) mass is 140 g/mol. The van der Waals surface area contributed by atoms with Crippen molar-refractivity contribution >= 4 is 5.84 Å². The lowest BCUT2D eigenvalue weighted by Crippen LogP contribution is -2.26. The van der Waals surface area contributed by atoms with Crippen LogP contribution in [0.25, 0.3) is 0 Å². The van der Waals surface area contributed by atoms with E-state index in [4.69, 9.17) is 5.41 Å². The van der Waals surface area contributed by atoms with Gasteiger partial charge in [0.05, 0.1) is 5.84 Å². The molecule has 1 aliphatic heterocycles. The minimum atomic E-state index is 0.847. The van der Waals surface area contributed by atoms with E-state index in [-0.39, 0.29) is 0 Å². The van der Waals surface area contributed by atoms with E-state index >= 15 is 0 Å². The summed E-state index contributed by atoms with van der Waals surface area (Å²) in [6.07, 6.45) is 4.63. The van der Waals surface area contributed by atoms with E-state index in [1.165, 1.54) is 12.8 Å². The highest BCUT2D eigenvalue weighted by Gasteiger charge is 2.12. The fraction of sp³-hybridized carbons (Fsp3) is 0.875. The Morgan fingerprint density at radius 3 is 2.50 bits per heavy atom. The fourth-order valence-electron chi connectivity index (χ4n) is 1.38. The Bertz CT molecular complexity index is 114. The predicted molar refractivity (Wildman–Crippen MR) is 43.4 cm³/mol. The smallest absolute Gasteiger partial charge is 0.0957 e. The Morgan fingerprint density at radius 1 is 1.40 bits per heavy atom. The maximum Gasteiger partial charge on any atom is 0.0957 e. The summed E-state index contributed by atoms with van der Waals surface area (Å²) in [6.45, 7) is 4.38. The van der Waals surface area contributed by atoms with Crippen molar-refractivity contribution in [3.63, 3.8) is 0 Å². The molecule has 0 aliphatic carbocycles. The first-order valence-corrected chi connectivity index (χ1v) is 4.17. The quantitative estimate of drug-likeness (QED) is 0.460. The van der Waals surface area contributed by atoms with Gasteiger partial charge >= 0.3 is 0 Å². The van der Waals surface area contributed by atoms with Crippen molar-refractivity contribution in [1.82, 2.24) is 4.90 Å². The number of hydrogen-bond acceptors (Lipinski definition) is 1. The van der Waals surface area contributed by atoms with Crippen molar-refractivity contribution in [1.29, 1.82) is 5.41 Å². The van der Waals surface area contributed by atoms with Crippen LogP contribution in [0.1, 0.15) is 32.6 Å². The molecule has 2 heteroatoms. The summed E-state index contributed by atoms with van der Waals surface area (Å²) in [5.74, 6) is 0.847. The van der Waals surface area contributed by atoms with Crippen molar-refractivity contribution < 1.29 is 0 Å². The van der Waals surface area contributed by atoms with Crippen molar-refractivity contribution in [3.8, 4) is 0 Å². The minimum Gasteiger partial charge on any atom is -0.361 e. The van der Waals surface area contributed by atoms with E-state index in [9.17, 15) is 0 Å². The molecule has 1 fully saturated rings. The highest BCUT2D eigenvalue weighted by atomic mass is 15.2. The van der Waals surface area contributed by atoms with Crippen LogP contribution >= 0.6 is 0 Å². The van der Waals surface area contributed by atoms with Crippen LogP contribution in [-0.2, 0) is 0 Å². The molecule has 0 saturated carbocycles. The third-order valence-electron chi connectivity index (χ3n) is 1.97. The average molecular weight is 140 g/mol. The molecule has 0 atom stereocenters. The van der Waals surface area contributed by atoms with Crippen LogP contribution in [0.4, 0.5) is 0 Å². The Labute approximate surface area is 62.7 Å². The first-order valence-electron chi connectivity index (χ1n) is 4.17. The third-order valence-corrected chi connectivity index (χ3v) is 1.97. The van der Waals surface area contributed by atoms with Gasteiger partial charge < -0.3 is 4.90 Å². The summed E-state index contributed by atoms with van der Waals surface area (Å²) in [4.78, 5) is 2.20. The average Bonchev–Trinajstić information content (AvgIpc) is 2.38. The molecule has 58 valence electrons. The lowest BCUT2D eigenvalue weighted by atomic mass is 10.3. The summed E-state index contributed by atoms with van der Waals surface area (Å²) in [7, 11) is 0. The van der Waals surface area contributed by atoms with Crippen LogP contribution in [0.3, 0.4) is 0 Å². The molecule has 0 aromatic heterocycles. The van der Waals surface area contributed by atoms with Crippen LogP contribution < -0.4 is 0 Å². The molecule has 0 aromatic rings. The van der Waals surface area contributed by atoms with E-state index in [0.717, 1.165) is 31.8 Å². The summed E-state index contributed by atoms with van der Waals surface area (Å²) < 4.78 is 0. The summed E-state index contributed by atoms with van der Waals surface area (Å²) >= 11 is 0. The second kappa shape index (κ2) is 3.59. The largest absolute Gasteiger partial charge is 0.361 e. The van der Waals surface area contributed by atoms with Gasteiger partial charge in [0.25, 0.3) is 0 Å². The topological polar surface area (TPSA) is 27.1 Å². The van der Waals surface area contributed by atoms with Gasteiger partial charge in [-0.1, -0.05) is 6.92 Å². The first kappa shape index (κ1) is 7.58. The van der Waals surface area contributed by atoms with Crippen LogP contribution in [0.15, 0.2) is 0 Å². The van der Waals surface area contributed by atoms with E-state index in [0.29, 0.717) is 0 Å². The summed E-state index contributed by atoms with van der Waals surface area (Å²) in [6, 6.07) is 0. The molecule has 0 unspecified atom stereocenters. The van der Waals surface area contributed by atoms with Gasteiger partial charge in [-0.15, -0.1) is 0 Å². The normalized spacial score (nSPS) is 17.9. The molecule has 0 aromatic carbocycles. The van der Waals surface area contributed by atoms with Gasteiger partial charge in [-0.25, -0.2) is 0 Å². The van der Waals surface area contributed by atoms with Crippen LogP contribution in [0.5, 0.6) is 0 Å². The van der Waals surface area contributed by atoms with Crippen LogP contribution in [0, 0.1) is 5.41 Å². The maximum absolute atomic E-state index is 7.61. The Balaban J connectivity index is 2.25. The number of nitrogens with one attached hydrogen (secondary N) is 1. The molecule has 10 heavy (non-hydrogen) atoms. The molecule has 1 rings (SSSR count). The zero-order valence-corrected chi connectivity index (χ0v) is 6.69. The second-order valence-electron chi connectivity index (χ2n) is 2.89. The van der Waals surface area contributed by atoms with Gasteiger partial charge in [-0.3, -0.25) is 5.41 Å².